The fourth-order valence-corrected chi connectivity index (χ4v) is 4.44. The predicted octanol–water partition coefficient (Wildman–Crippen LogP) is 4.19. The van der Waals surface area contributed by atoms with Crippen molar-refractivity contribution in [1.29, 1.82) is 0 Å². The molecule has 2 heterocycles. The predicted molar refractivity (Wildman–Crippen MR) is 117 cm³/mol. The van der Waals surface area contributed by atoms with E-state index in [1.165, 1.54) is 0 Å². The van der Waals surface area contributed by atoms with Crippen molar-refractivity contribution in [2.24, 2.45) is 0 Å². The molecule has 2 aliphatic heterocycles. The van der Waals surface area contributed by atoms with Crippen LogP contribution in [0.2, 0.25) is 5.02 Å². The number of benzene rings is 2. The Hall–Kier alpha value is -2.53. The molecule has 1 unspecified atom stereocenters. The number of carbonyl (C=O) groups is 2. The Morgan fingerprint density at radius 2 is 1.70 bits per heavy atom. The van der Waals surface area contributed by atoms with Gasteiger partial charge in [-0.05, 0) is 61.6 Å². The van der Waals surface area contributed by atoms with Crippen LogP contribution in [-0.2, 0) is 11.2 Å². The number of likely N-dealkylation sites (tertiary alicyclic amines) is 2. The Morgan fingerprint density at radius 3 is 2.43 bits per heavy atom. The summed E-state index contributed by atoms with van der Waals surface area (Å²) in [7, 11) is 0. The second-order valence-corrected chi connectivity index (χ2v) is 8.39. The summed E-state index contributed by atoms with van der Waals surface area (Å²) in [6.45, 7) is 2.89. The minimum absolute atomic E-state index is 0.0610. The van der Waals surface area contributed by atoms with Crippen molar-refractivity contribution < 1.29 is 14.3 Å². The molecule has 30 heavy (non-hydrogen) atoms. The number of hydrogen-bond acceptors (Lipinski definition) is 3. The summed E-state index contributed by atoms with van der Waals surface area (Å²) in [5.74, 6) is 0.894. The summed E-state index contributed by atoms with van der Waals surface area (Å²) in [5.41, 5.74) is 1.55. The second-order valence-electron chi connectivity index (χ2n) is 7.99. The van der Waals surface area contributed by atoms with Crippen molar-refractivity contribution in [2.45, 2.75) is 38.1 Å². The molecule has 158 valence electrons. The highest BCUT2D eigenvalue weighted by atomic mass is 35.5. The first kappa shape index (κ1) is 20.7. The lowest BCUT2D eigenvalue weighted by Gasteiger charge is -2.25. The van der Waals surface area contributed by atoms with E-state index in [1.54, 1.807) is 0 Å². The normalized spacial score (nSPS) is 18.6. The number of carbonyl (C=O) groups excluding carboxylic acids is 2. The van der Waals surface area contributed by atoms with Gasteiger partial charge in [-0.3, -0.25) is 9.59 Å². The molecule has 2 aromatic rings. The average molecular weight is 427 g/mol. The first-order valence-corrected chi connectivity index (χ1v) is 11.0. The fourth-order valence-electron chi connectivity index (χ4n) is 4.23. The van der Waals surface area contributed by atoms with Crippen LogP contribution >= 0.6 is 11.6 Å². The number of rotatable bonds is 6. The SMILES string of the molecule is O=C(c1ccc(OCC2CCCN2C(=O)Cc2ccccc2Cl)cc1)N1CCCC1. The maximum atomic E-state index is 12.8. The fraction of sp³-hybridized carbons (Fsp3) is 0.417. The van der Waals surface area contributed by atoms with Gasteiger partial charge in [0.25, 0.3) is 5.91 Å². The van der Waals surface area contributed by atoms with Gasteiger partial charge in [0.1, 0.15) is 12.4 Å². The summed E-state index contributed by atoms with van der Waals surface area (Å²) in [6, 6.07) is 14.9. The Morgan fingerprint density at radius 1 is 0.967 bits per heavy atom. The standard InChI is InChI=1S/C24H27ClN2O3/c25-22-8-2-1-6-19(22)16-23(28)27-15-5-7-20(27)17-30-21-11-9-18(10-12-21)24(29)26-13-3-4-14-26/h1-2,6,8-12,20H,3-5,7,13-17H2. The Labute approximate surface area is 182 Å². The molecule has 0 radical (unpaired) electrons. The molecule has 6 heteroatoms. The minimum atomic E-state index is 0.0610. The topological polar surface area (TPSA) is 49.9 Å². The smallest absolute Gasteiger partial charge is 0.253 e. The molecule has 2 saturated heterocycles. The summed E-state index contributed by atoms with van der Waals surface area (Å²) in [4.78, 5) is 29.1. The highest BCUT2D eigenvalue weighted by molar-refractivity contribution is 6.31. The lowest BCUT2D eigenvalue weighted by Crippen LogP contribution is -2.39. The third kappa shape index (κ3) is 4.78. The van der Waals surface area contributed by atoms with E-state index in [4.69, 9.17) is 16.3 Å². The van der Waals surface area contributed by atoms with Gasteiger partial charge < -0.3 is 14.5 Å². The molecule has 0 aliphatic carbocycles. The largest absolute Gasteiger partial charge is 0.491 e. The average Bonchev–Trinajstić information content (AvgIpc) is 3.46. The zero-order chi connectivity index (χ0) is 20.9. The van der Waals surface area contributed by atoms with Crippen molar-refractivity contribution in [2.75, 3.05) is 26.2 Å². The van der Waals surface area contributed by atoms with Crippen molar-refractivity contribution in [3.05, 3.63) is 64.7 Å². The quantitative estimate of drug-likeness (QED) is 0.696. The van der Waals surface area contributed by atoms with E-state index in [-0.39, 0.29) is 17.9 Å². The van der Waals surface area contributed by atoms with Crippen LogP contribution in [0.3, 0.4) is 0 Å². The molecule has 2 amide bonds. The molecule has 0 aromatic heterocycles. The van der Waals surface area contributed by atoms with Gasteiger partial charge in [-0.15, -0.1) is 0 Å². The van der Waals surface area contributed by atoms with Gasteiger partial charge in [0, 0.05) is 30.2 Å². The van der Waals surface area contributed by atoms with Gasteiger partial charge >= 0.3 is 0 Å². The van der Waals surface area contributed by atoms with Crippen molar-refractivity contribution in [3.63, 3.8) is 0 Å². The molecule has 1 atom stereocenters. The van der Waals surface area contributed by atoms with Crippen LogP contribution in [0.5, 0.6) is 5.75 Å². The van der Waals surface area contributed by atoms with Crippen molar-refractivity contribution >= 4 is 23.4 Å². The zero-order valence-electron chi connectivity index (χ0n) is 17.1. The first-order chi connectivity index (χ1) is 14.6. The third-order valence-electron chi connectivity index (χ3n) is 5.93. The number of nitrogens with zero attached hydrogens (tertiary/aromatic N) is 2. The van der Waals surface area contributed by atoms with Crippen LogP contribution < -0.4 is 4.74 Å². The molecule has 0 saturated carbocycles. The maximum Gasteiger partial charge on any atom is 0.253 e. The molecule has 2 aliphatic rings. The molecular formula is C24H27ClN2O3. The van der Waals surface area contributed by atoms with E-state index >= 15 is 0 Å². The first-order valence-electron chi connectivity index (χ1n) is 10.7. The van der Waals surface area contributed by atoms with E-state index in [2.05, 4.69) is 0 Å². The Kier molecular flexibility index (Phi) is 6.58. The van der Waals surface area contributed by atoms with Crippen LogP contribution in [0.4, 0.5) is 0 Å². The molecule has 4 rings (SSSR count). The molecule has 2 fully saturated rings. The lowest BCUT2D eigenvalue weighted by atomic mass is 10.1. The van der Waals surface area contributed by atoms with Gasteiger partial charge in [-0.25, -0.2) is 0 Å². The van der Waals surface area contributed by atoms with Crippen LogP contribution in [0.15, 0.2) is 48.5 Å². The third-order valence-corrected chi connectivity index (χ3v) is 6.30. The highest BCUT2D eigenvalue weighted by Crippen LogP contribution is 2.23. The molecular weight excluding hydrogens is 400 g/mol. The molecule has 0 N–H and O–H groups in total. The number of hydrogen-bond donors (Lipinski definition) is 0. The van der Waals surface area contributed by atoms with Crippen molar-refractivity contribution in [1.82, 2.24) is 9.80 Å². The maximum absolute atomic E-state index is 12.8. The van der Waals surface area contributed by atoms with Crippen molar-refractivity contribution in [3.8, 4) is 5.75 Å². The van der Waals surface area contributed by atoms with Gasteiger partial charge in [0.15, 0.2) is 0 Å². The van der Waals surface area contributed by atoms with E-state index < -0.39 is 0 Å². The van der Waals surface area contributed by atoms with E-state index in [0.717, 1.165) is 56.6 Å². The molecule has 2 aromatic carbocycles. The lowest BCUT2D eigenvalue weighted by molar-refractivity contribution is -0.131. The second kappa shape index (κ2) is 9.52. The molecule has 0 bridgehead atoms. The number of halogens is 1. The molecule has 0 spiro atoms. The number of ether oxygens (including phenoxy) is 1. The van der Waals surface area contributed by atoms with E-state index in [0.29, 0.717) is 23.6 Å². The van der Waals surface area contributed by atoms with Gasteiger partial charge in [0.2, 0.25) is 5.91 Å². The molecule has 5 nitrogen and oxygen atoms in total. The minimum Gasteiger partial charge on any atom is -0.491 e. The highest BCUT2D eigenvalue weighted by Gasteiger charge is 2.29. The van der Waals surface area contributed by atoms with Crippen LogP contribution in [0.25, 0.3) is 0 Å². The van der Waals surface area contributed by atoms with E-state index in [1.807, 2.05) is 58.3 Å². The Bertz CT molecular complexity index is 894. The summed E-state index contributed by atoms with van der Waals surface area (Å²) < 4.78 is 5.96. The number of amides is 2. The summed E-state index contributed by atoms with van der Waals surface area (Å²) >= 11 is 6.21. The monoisotopic (exact) mass is 426 g/mol. The van der Waals surface area contributed by atoms with Gasteiger partial charge in [-0.2, -0.15) is 0 Å². The van der Waals surface area contributed by atoms with Gasteiger partial charge in [-0.1, -0.05) is 29.8 Å². The summed E-state index contributed by atoms with van der Waals surface area (Å²) in [6.07, 6.45) is 4.38. The zero-order valence-corrected chi connectivity index (χ0v) is 17.8. The Balaban J connectivity index is 1.32. The summed E-state index contributed by atoms with van der Waals surface area (Å²) in [5, 5.41) is 0.626. The van der Waals surface area contributed by atoms with Crippen LogP contribution in [0.1, 0.15) is 41.6 Å². The van der Waals surface area contributed by atoms with Crippen LogP contribution in [-0.4, -0.2) is 53.9 Å². The van der Waals surface area contributed by atoms with Crippen LogP contribution in [0, 0.1) is 0 Å². The van der Waals surface area contributed by atoms with Gasteiger partial charge in [0.05, 0.1) is 12.5 Å². The van der Waals surface area contributed by atoms with E-state index in [9.17, 15) is 9.59 Å².